The summed E-state index contributed by atoms with van der Waals surface area (Å²) in [5.74, 6) is 0. The molecule has 116 valence electrons. The molecule has 21 heavy (non-hydrogen) atoms. The maximum absolute atomic E-state index is 12.7. The van der Waals surface area contributed by atoms with Gasteiger partial charge in [-0.05, 0) is 38.8 Å². The molecule has 3 heterocycles. The Labute approximate surface area is 126 Å². The quantitative estimate of drug-likeness (QED) is 0.849. The molecule has 0 spiro atoms. The summed E-state index contributed by atoms with van der Waals surface area (Å²) in [7, 11) is -3.54. The van der Waals surface area contributed by atoms with Crippen LogP contribution in [0.4, 0.5) is 5.69 Å². The third-order valence-electron chi connectivity index (χ3n) is 4.35. The molecule has 0 saturated carbocycles. The van der Waals surface area contributed by atoms with E-state index in [1.807, 2.05) is 6.92 Å². The molecule has 2 fully saturated rings. The Bertz CT molecular complexity index is 605. The number of anilines is 1. The molecule has 2 saturated heterocycles. The number of fused-ring (bicyclic) bond motifs is 1. The molecule has 7 heteroatoms. The highest BCUT2D eigenvalue weighted by atomic mass is 32.2. The zero-order valence-electron chi connectivity index (χ0n) is 12.2. The van der Waals surface area contributed by atoms with Crippen molar-refractivity contribution in [3.63, 3.8) is 0 Å². The number of hydrogen-bond donors (Lipinski definition) is 2. The van der Waals surface area contributed by atoms with Gasteiger partial charge in [-0.25, -0.2) is 13.1 Å². The first-order chi connectivity index (χ1) is 10.1. The Morgan fingerprint density at radius 1 is 1.38 bits per heavy atom. The molecule has 3 rings (SSSR count). The molecule has 1 aromatic rings. The Balaban J connectivity index is 1.81. The molecule has 0 amide bonds. The molecular weight excluding hydrogens is 288 g/mol. The van der Waals surface area contributed by atoms with Gasteiger partial charge < -0.3 is 5.32 Å². The van der Waals surface area contributed by atoms with Crippen molar-refractivity contribution in [2.45, 2.75) is 43.2 Å². The van der Waals surface area contributed by atoms with Gasteiger partial charge >= 0.3 is 0 Å². The third-order valence-corrected chi connectivity index (χ3v) is 5.87. The summed E-state index contributed by atoms with van der Waals surface area (Å²) < 4.78 is 28.2. The maximum Gasteiger partial charge on any atom is 0.244 e. The largest absolute Gasteiger partial charge is 0.384 e. The number of hydrogen-bond acceptors (Lipinski definition) is 5. The van der Waals surface area contributed by atoms with Gasteiger partial charge in [0.05, 0.1) is 5.69 Å². The zero-order valence-corrected chi connectivity index (χ0v) is 13.1. The molecule has 6 nitrogen and oxygen atoms in total. The molecule has 0 aromatic carbocycles. The van der Waals surface area contributed by atoms with Crippen molar-refractivity contribution in [1.82, 2.24) is 14.6 Å². The van der Waals surface area contributed by atoms with Crippen molar-refractivity contribution >= 4 is 15.7 Å². The van der Waals surface area contributed by atoms with Crippen molar-refractivity contribution in [2.75, 3.05) is 25.0 Å². The Hall–Kier alpha value is -1.18. The first kappa shape index (κ1) is 14.7. The predicted octanol–water partition coefficient (Wildman–Crippen LogP) is 1.03. The van der Waals surface area contributed by atoms with Gasteiger partial charge in [0.1, 0.15) is 4.90 Å². The first-order valence-corrected chi connectivity index (χ1v) is 9.04. The van der Waals surface area contributed by atoms with E-state index in [9.17, 15) is 8.42 Å². The number of aromatic nitrogens is 1. The highest BCUT2D eigenvalue weighted by Crippen LogP contribution is 2.29. The molecule has 2 aliphatic heterocycles. The first-order valence-electron chi connectivity index (χ1n) is 7.56. The zero-order chi connectivity index (χ0) is 14.9. The molecule has 0 bridgehead atoms. The van der Waals surface area contributed by atoms with Gasteiger partial charge in [-0.15, -0.1) is 0 Å². The van der Waals surface area contributed by atoms with Crippen molar-refractivity contribution < 1.29 is 8.42 Å². The monoisotopic (exact) mass is 310 g/mol. The van der Waals surface area contributed by atoms with Crippen LogP contribution >= 0.6 is 0 Å². The van der Waals surface area contributed by atoms with Gasteiger partial charge in [-0.3, -0.25) is 9.88 Å². The van der Waals surface area contributed by atoms with E-state index >= 15 is 0 Å². The minimum absolute atomic E-state index is 0.0205. The van der Waals surface area contributed by atoms with Crippen LogP contribution < -0.4 is 10.0 Å². The molecule has 1 aromatic heterocycles. The van der Waals surface area contributed by atoms with E-state index in [2.05, 4.69) is 19.9 Å². The molecule has 2 unspecified atom stereocenters. The van der Waals surface area contributed by atoms with E-state index in [0.717, 1.165) is 25.9 Å². The Kier molecular flexibility index (Phi) is 4.14. The highest BCUT2D eigenvalue weighted by molar-refractivity contribution is 7.89. The van der Waals surface area contributed by atoms with Crippen LogP contribution in [0.5, 0.6) is 0 Å². The third kappa shape index (κ3) is 2.90. The summed E-state index contributed by atoms with van der Waals surface area (Å²) in [5.41, 5.74) is 0.612. The van der Waals surface area contributed by atoms with Crippen molar-refractivity contribution in [3.8, 4) is 0 Å². The number of nitrogens with one attached hydrogen (secondary N) is 2. The topological polar surface area (TPSA) is 74.3 Å². The van der Waals surface area contributed by atoms with Crippen LogP contribution in [-0.4, -0.2) is 50.0 Å². The number of nitrogens with zero attached hydrogens (tertiary/aromatic N) is 2. The summed E-state index contributed by atoms with van der Waals surface area (Å²) in [6.45, 7) is 4.70. The van der Waals surface area contributed by atoms with Crippen LogP contribution in [0.3, 0.4) is 0 Å². The lowest BCUT2D eigenvalue weighted by molar-refractivity contribution is 0.309. The van der Waals surface area contributed by atoms with Crippen LogP contribution in [0.1, 0.15) is 26.2 Å². The fraction of sp³-hybridized carbons (Fsp3) is 0.643. The summed E-state index contributed by atoms with van der Waals surface area (Å²) in [6.07, 6.45) is 6.16. The lowest BCUT2D eigenvalue weighted by atomic mass is 10.1. The van der Waals surface area contributed by atoms with Crippen LogP contribution in [0.25, 0.3) is 0 Å². The lowest BCUT2D eigenvalue weighted by Gasteiger charge is -2.21. The van der Waals surface area contributed by atoms with Crippen LogP contribution in [-0.2, 0) is 10.0 Å². The summed E-state index contributed by atoms with van der Waals surface area (Å²) in [5, 5.41) is 3.08. The van der Waals surface area contributed by atoms with E-state index < -0.39 is 10.0 Å². The van der Waals surface area contributed by atoms with Crippen LogP contribution in [0, 0.1) is 0 Å². The second-order valence-electron chi connectivity index (χ2n) is 5.66. The Morgan fingerprint density at radius 3 is 3.05 bits per heavy atom. The molecule has 2 aliphatic rings. The van der Waals surface area contributed by atoms with Gasteiger partial charge in [0, 0.05) is 37.6 Å². The highest BCUT2D eigenvalue weighted by Gasteiger charge is 2.39. The minimum Gasteiger partial charge on any atom is -0.384 e. The van der Waals surface area contributed by atoms with Crippen molar-refractivity contribution in [1.29, 1.82) is 0 Å². The Morgan fingerprint density at radius 2 is 2.24 bits per heavy atom. The molecular formula is C14H22N4O2S. The number of sulfonamides is 1. The normalized spacial score (nSPS) is 26.0. The van der Waals surface area contributed by atoms with Gasteiger partial charge in [-0.1, -0.05) is 0 Å². The molecule has 0 aliphatic carbocycles. The second-order valence-corrected chi connectivity index (χ2v) is 7.35. The summed E-state index contributed by atoms with van der Waals surface area (Å²) in [4.78, 5) is 6.60. The average Bonchev–Trinajstić information content (AvgIpc) is 3.05. The lowest BCUT2D eigenvalue weighted by Crippen LogP contribution is -2.42. The summed E-state index contributed by atoms with van der Waals surface area (Å²) in [6, 6.07) is 2.08. The fourth-order valence-corrected chi connectivity index (χ4v) is 4.84. The van der Waals surface area contributed by atoms with Crippen molar-refractivity contribution in [3.05, 3.63) is 18.5 Å². The number of pyridine rings is 1. The number of rotatable bonds is 5. The SMILES string of the molecule is CCNc1ccncc1S(=O)(=O)NC1CCN2CCCC12. The fourth-order valence-electron chi connectivity index (χ4n) is 3.41. The predicted molar refractivity (Wildman–Crippen MR) is 81.7 cm³/mol. The van der Waals surface area contributed by atoms with E-state index in [1.54, 1.807) is 12.3 Å². The standard InChI is InChI=1S/C14H22N4O2S/c1-2-16-12-5-7-15-10-14(12)21(19,20)17-11-6-9-18-8-3-4-13(11)18/h5,7,10-11,13,17H,2-4,6,8-9H2,1H3,(H,15,16). The van der Waals surface area contributed by atoms with Crippen LogP contribution in [0.15, 0.2) is 23.4 Å². The van der Waals surface area contributed by atoms with Crippen molar-refractivity contribution in [2.24, 2.45) is 0 Å². The van der Waals surface area contributed by atoms with E-state index in [1.165, 1.54) is 12.6 Å². The summed E-state index contributed by atoms with van der Waals surface area (Å²) >= 11 is 0. The van der Waals surface area contributed by atoms with Gasteiger partial charge in [-0.2, -0.15) is 0 Å². The van der Waals surface area contributed by atoms with E-state index in [4.69, 9.17) is 0 Å². The average molecular weight is 310 g/mol. The van der Waals surface area contributed by atoms with Gasteiger partial charge in [0.25, 0.3) is 0 Å². The molecule has 0 radical (unpaired) electrons. The van der Waals surface area contributed by atoms with E-state index in [-0.39, 0.29) is 10.9 Å². The second kappa shape index (κ2) is 5.90. The maximum atomic E-state index is 12.7. The van der Waals surface area contributed by atoms with E-state index in [0.29, 0.717) is 18.3 Å². The molecule has 2 atom stereocenters. The van der Waals surface area contributed by atoms with Crippen LogP contribution in [0.2, 0.25) is 0 Å². The van der Waals surface area contributed by atoms with Gasteiger partial charge in [0.2, 0.25) is 10.0 Å². The minimum atomic E-state index is -3.54. The smallest absolute Gasteiger partial charge is 0.244 e. The molecule has 2 N–H and O–H groups in total. The van der Waals surface area contributed by atoms with Gasteiger partial charge in [0.15, 0.2) is 0 Å².